The first-order valence-corrected chi connectivity index (χ1v) is 10.7. The Bertz CT molecular complexity index is 1040. The van der Waals surface area contributed by atoms with Crippen molar-refractivity contribution in [2.45, 2.75) is 11.3 Å². The van der Waals surface area contributed by atoms with Crippen molar-refractivity contribution in [1.29, 1.82) is 0 Å². The summed E-state index contributed by atoms with van der Waals surface area (Å²) < 4.78 is 33.1. The van der Waals surface area contributed by atoms with E-state index in [0.29, 0.717) is 22.5 Å². The molecule has 0 spiro atoms. The molecule has 156 valence electrons. The van der Waals surface area contributed by atoms with E-state index in [-0.39, 0.29) is 23.8 Å². The van der Waals surface area contributed by atoms with Crippen LogP contribution in [0, 0.1) is 0 Å². The van der Waals surface area contributed by atoms with Gasteiger partial charge in [0.1, 0.15) is 5.75 Å². The summed E-state index contributed by atoms with van der Waals surface area (Å²) >= 11 is 6.11. The highest BCUT2D eigenvalue weighted by atomic mass is 35.5. The van der Waals surface area contributed by atoms with Gasteiger partial charge < -0.3 is 10.1 Å². The number of aromatic nitrogens is 1. The van der Waals surface area contributed by atoms with E-state index in [0.717, 1.165) is 18.7 Å². The standard InChI is InChI=1S/C20H22ClN3O3S.ClH/c1-27-16-6-4-15(5-7-16)10-12-22-13-14-24-28(25,26)19-9-8-18(21)20-17(19)3-2-11-23-20;/h2-9,11,22,24H,10,12-14H2,1H3;1H. The first kappa shape index (κ1) is 23.4. The molecule has 1 aromatic heterocycles. The van der Waals surface area contributed by atoms with Crippen LogP contribution in [0.4, 0.5) is 0 Å². The summed E-state index contributed by atoms with van der Waals surface area (Å²) in [6.07, 6.45) is 2.44. The number of pyridine rings is 1. The van der Waals surface area contributed by atoms with Gasteiger partial charge in [-0.25, -0.2) is 13.1 Å². The van der Waals surface area contributed by atoms with Crippen LogP contribution in [0.15, 0.2) is 59.6 Å². The van der Waals surface area contributed by atoms with Gasteiger partial charge in [-0.2, -0.15) is 0 Å². The van der Waals surface area contributed by atoms with Crippen LogP contribution in [0.1, 0.15) is 5.56 Å². The van der Waals surface area contributed by atoms with Crippen molar-refractivity contribution in [3.63, 3.8) is 0 Å². The minimum absolute atomic E-state index is 0. The average Bonchev–Trinajstić information content (AvgIpc) is 2.71. The van der Waals surface area contributed by atoms with Gasteiger partial charge in [-0.15, -0.1) is 12.4 Å². The van der Waals surface area contributed by atoms with E-state index in [1.807, 2.05) is 24.3 Å². The van der Waals surface area contributed by atoms with Gasteiger partial charge in [0.2, 0.25) is 10.0 Å². The van der Waals surface area contributed by atoms with Gasteiger partial charge in [-0.05, 0) is 54.9 Å². The fourth-order valence-corrected chi connectivity index (χ4v) is 4.29. The third-order valence-electron chi connectivity index (χ3n) is 4.31. The highest BCUT2D eigenvalue weighted by Crippen LogP contribution is 2.27. The molecule has 0 aliphatic rings. The molecule has 0 saturated heterocycles. The van der Waals surface area contributed by atoms with Crippen LogP contribution >= 0.6 is 24.0 Å². The van der Waals surface area contributed by atoms with Crippen LogP contribution in [0.5, 0.6) is 5.75 Å². The molecule has 6 nitrogen and oxygen atoms in total. The number of rotatable bonds is 9. The van der Waals surface area contributed by atoms with Crippen LogP contribution in [0.3, 0.4) is 0 Å². The summed E-state index contributed by atoms with van der Waals surface area (Å²) in [5, 5.41) is 4.18. The Hall–Kier alpha value is -1.90. The fourth-order valence-electron chi connectivity index (χ4n) is 2.85. The number of sulfonamides is 1. The van der Waals surface area contributed by atoms with Gasteiger partial charge in [0.15, 0.2) is 0 Å². The first-order valence-electron chi connectivity index (χ1n) is 8.88. The van der Waals surface area contributed by atoms with Crippen LogP contribution in [0.25, 0.3) is 10.9 Å². The molecule has 29 heavy (non-hydrogen) atoms. The lowest BCUT2D eigenvalue weighted by atomic mass is 10.1. The van der Waals surface area contributed by atoms with Gasteiger partial charge in [0, 0.05) is 24.7 Å². The second-order valence-electron chi connectivity index (χ2n) is 6.19. The number of hydrogen-bond donors (Lipinski definition) is 2. The Balaban J connectivity index is 0.00000300. The molecular weight excluding hydrogens is 433 g/mol. The highest BCUT2D eigenvalue weighted by molar-refractivity contribution is 7.89. The van der Waals surface area contributed by atoms with E-state index in [1.54, 1.807) is 31.5 Å². The topological polar surface area (TPSA) is 80.3 Å². The molecule has 0 saturated carbocycles. The van der Waals surface area contributed by atoms with E-state index >= 15 is 0 Å². The van der Waals surface area contributed by atoms with Crippen molar-refractivity contribution < 1.29 is 13.2 Å². The van der Waals surface area contributed by atoms with Gasteiger partial charge in [-0.3, -0.25) is 4.98 Å². The number of nitrogens with zero attached hydrogens (tertiary/aromatic N) is 1. The van der Waals surface area contributed by atoms with Gasteiger partial charge >= 0.3 is 0 Å². The van der Waals surface area contributed by atoms with Crippen molar-refractivity contribution in [2.75, 3.05) is 26.7 Å². The lowest BCUT2D eigenvalue weighted by Crippen LogP contribution is -2.32. The summed E-state index contributed by atoms with van der Waals surface area (Å²) in [6, 6.07) is 14.3. The number of nitrogens with one attached hydrogen (secondary N) is 2. The molecule has 0 amide bonds. The molecule has 0 unspecified atom stereocenters. The average molecular weight is 456 g/mol. The van der Waals surface area contributed by atoms with E-state index < -0.39 is 10.0 Å². The lowest BCUT2D eigenvalue weighted by Gasteiger charge is -2.11. The molecular formula is C20H23Cl2N3O3S. The van der Waals surface area contributed by atoms with Crippen LogP contribution in [0.2, 0.25) is 5.02 Å². The Morgan fingerprint density at radius 2 is 1.79 bits per heavy atom. The summed E-state index contributed by atoms with van der Waals surface area (Å²) in [6.45, 7) is 1.57. The number of fused-ring (bicyclic) bond motifs is 1. The smallest absolute Gasteiger partial charge is 0.241 e. The molecule has 9 heteroatoms. The summed E-state index contributed by atoms with van der Waals surface area (Å²) in [5.74, 6) is 0.830. The van der Waals surface area contributed by atoms with Crippen molar-refractivity contribution in [2.24, 2.45) is 0 Å². The van der Waals surface area contributed by atoms with Gasteiger partial charge in [0.25, 0.3) is 0 Å². The Labute approximate surface area is 182 Å². The van der Waals surface area contributed by atoms with Crippen molar-refractivity contribution in [3.8, 4) is 5.75 Å². The maximum atomic E-state index is 12.7. The first-order chi connectivity index (χ1) is 13.5. The second-order valence-corrected chi connectivity index (χ2v) is 8.33. The van der Waals surface area contributed by atoms with E-state index in [4.69, 9.17) is 16.3 Å². The van der Waals surface area contributed by atoms with Crippen LogP contribution in [-0.4, -0.2) is 40.1 Å². The summed E-state index contributed by atoms with van der Waals surface area (Å²) in [7, 11) is -2.01. The number of halogens is 2. The van der Waals surface area contributed by atoms with Crippen molar-refractivity contribution in [3.05, 3.63) is 65.3 Å². The molecule has 0 bridgehead atoms. The number of hydrogen-bond acceptors (Lipinski definition) is 5. The molecule has 0 radical (unpaired) electrons. The molecule has 3 rings (SSSR count). The molecule has 0 aliphatic heterocycles. The van der Waals surface area contributed by atoms with Gasteiger partial charge in [-0.1, -0.05) is 23.7 Å². The third kappa shape index (κ3) is 6.04. The highest BCUT2D eigenvalue weighted by Gasteiger charge is 2.18. The minimum atomic E-state index is -3.65. The van der Waals surface area contributed by atoms with Gasteiger partial charge in [0.05, 0.1) is 22.5 Å². The molecule has 0 fully saturated rings. The second kappa shape index (κ2) is 10.8. The fraction of sp³-hybridized carbons (Fsp3) is 0.250. The molecule has 2 aromatic carbocycles. The van der Waals surface area contributed by atoms with Crippen molar-refractivity contribution in [1.82, 2.24) is 15.0 Å². The van der Waals surface area contributed by atoms with Crippen LogP contribution < -0.4 is 14.8 Å². The normalized spacial score (nSPS) is 11.2. The summed E-state index contributed by atoms with van der Waals surface area (Å²) in [5.41, 5.74) is 1.67. The molecule has 2 N–H and O–H groups in total. The monoisotopic (exact) mass is 455 g/mol. The van der Waals surface area contributed by atoms with Crippen molar-refractivity contribution >= 4 is 44.9 Å². The van der Waals surface area contributed by atoms with E-state index in [1.165, 1.54) is 11.6 Å². The predicted octanol–water partition coefficient (Wildman–Crippen LogP) is 3.43. The largest absolute Gasteiger partial charge is 0.497 e. The Kier molecular flexibility index (Phi) is 8.67. The summed E-state index contributed by atoms with van der Waals surface area (Å²) in [4.78, 5) is 4.35. The molecule has 0 atom stereocenters. The van der Waals surface area contributed by atoms with Crippen LogP contribution in [-0.2, 0) is 16.4 Å². The zero-order valence-corrected chi connectivity index (χ0v) is 18.3. The predicted molar refractivity (Wildman–Crippen MR) is 119 cm³/mol. The third-order valence-corrected chi connectivity index (χ3v) is 6.14. The molecule has 1 heterocycles. The number of methoxy groups -OCH3 is 1. The molecule has 0 aliphatic carbocycles. The number of benzene rings is 2. The Morgan fingerprint density at radius 1 is 1.03 bits per heavy atom. The lowest BCUT2D eigenvalue weighted by molar-refractivity contribution is 0.414. The number of ether oxygens (including phenoxy) is 1. The maximum Gasteiger partial charge on any atom is 0.241 e. The van der Waals surface area contributed by atoms with E-state index in [2.05, 4.69) is 15.0 Å². The van der Waals surface area contributed by atoms with E-state index in [9.17, 15) is 8.42 Å². The Morgan fingerprint density at radius 3 is 2.52 bits per heavy atom. The quantitative estimate of drug-likeness (QED) is 0.483. The maximum absolute atomic E-state index is 12.7. The molecule has 3 aromatic rings. The zero-order chi connectivity index (χ0) is 20.0. The SMILES string of the molecule is COc1ccc(CCNCCNS(=O)(=O)c2ccc(Cl)c3ncccc23)cc1.Cl. The zero-order valence-electron chi connectivity index (χ0n) is 15.9. The minimum Gasteiger partial charge on any atom is -0.497 e.